The normalized spacial score (nSPS) is 17.9. The van der Waals surface area contributed by atoms with Gasteiger partial charge in [-0.25, -0.2) is 4.98 Å². The third-order valence-electron chi connectivity index (χ3n) is 4.56. The molecule has 0 spiro atoms. The number of anilines is 1. The molecule has 1 atom stereocenters. The molecule has 0 radical (unpaired) electrons. The van der Waals surface area contributed by atoms with Gasteiger partial charge in [-0.2, -0.15) is 4.98 Å². The van der Waals surface area contributed by atoms with Crippen LogP contribution in [-0.2, 0) is 4.79 Å². The molecule has 0 aliphatic carbocycles. The van der Waals surface area contributed by atoms with Gasteiger partial charge in [0.15, 0.2) is 5.82 Å². The molecule has 7 heteroatoms. The van der Waals surface area contributed by atoms with E-state index in [1.54, 1.807) is 6.20 Å². The minimum absolute atomic E-state index is 0.218. The van der Waals surface area contributed by atoms with E-state index in [4.69, 9.17) is 9.63 Å². The van der Waals surface area contributed by atoms with Crippen LogP contribution in [0.1, 0.15) is 51.3 Å². The summed E-state index contributed by atoms with van der Waals surface area (Å²) in [6.45, 7) is 5.82. The summed E-state index contributed by atoms with van der Waals surface area (Å²) in [4.78, 5) is 21.9. The monoisotopic (exact) mass is 344 g/mol. The van der Waals surface area contributed by atoms with Gasteiger partial charge in [-0.3, -0.25) is 4.79 Å². The number of piperidine rings is 1. The molecule has 0 aromatic carbocycles. The first-order chi connectivity index (χ1) is 12.0. The van der Waals surface area contributed by atoms with Gasteiger partial charge in [0.25, 0.3) is 5.89 Å². The Morgan fingerprint density at radius 1 is 1.48 bits per heavy atom. The Hall–Kier alpha value is -2.44. The van der Waals surface area contributed by atoms with Gasteiger partial charge in [0.1, 0.15) is 5.82 Å². The fourth-order valence-corrected chi connectivity index (χ4v) is 3.15. The molecule has 1 unspecified atom stereocenters. The highest BCUT2D eigenvalue weighted by molar-refractivity contribution is 5.66. The lowest BCUT2D eigenvalue weighted by atomic mass is 9.93. The molecule has 3 rings (SSSR count). The van der Waals surface area contributed by atoms with E-state index < -0.39 is 5.97 Å². The number of carbonyl (C=O) groups is 1. The molecule has 1 saturated heterocycles. The number of carboxylic acids is 1. The van der Waals surface area contributed by atoms with Crippen molar-refractivity contribution in [1.29, 1.82) is 0 Å². The summed E-state index contributed by atoms with van der Waals surface area (Å²) in [6, 6.07) is 3.84. The van der Waals surface area contributed by atoms with Crippen LogP contribution >= 0.6 is 0 Å². The van der Waals surface area contributed by atoms with Crippen molar-refractivity contribution in [2.45, 2.75) is 45.4 Å². The number of nitrogens with zero attached hydrogens (tertiary/aromatic N) is 4. The van der Waals surface area contributed by atoms with Crippen LogP contribution in [0.2, 0.25) is 0 Å². The molecule has 25 heavy (non-hydrogen) atoms. The molecule has 3 heterocycles. The summed E-state index contributed by atoms with van der Waals surface area (Å²) in [6.07, 6.45) is 4.82. The molecular formula is C18H24N4O3. The summed E-state index contributed by atoms with van der Waals surface area (Å²) in [7, 11) is 0. The van der Waals surface area contributed by atoms with Crippen molar-refractivity contribution >= 4 is 11.8 Å². The number of aromatic nitrogens is 3. The molecule has 1 aliphatic heterocycles. The lowest BCUT2D eigenvalue weighted by Gasteiger charge is -2.33. The van der Waals surface area contributed by atoms with Gasteiger partial charge < -0.3 is 14.5 Å². The number of carboxylic acid groups (broad SMARTS) is 1. The standard InChI is InChI=1S/C18H24N4O3/c1-12(2)17-20-18(25-21-17)14-7-8-19-15(10-14)22-9-3-4-13(11-22)5-6-16(23)24/h7-8,10,12-13H,3-6,9,11H2,1-2H3,(H,23,24). The van der Waals surface area contributed by atoms with E-state index in [1.807, 2.05) is 26.0 Å². The van der Waals surface area contributed by atoms with E-state index in [1.165, 1.54) is 0 Å². The minimum Gasteiger partial charge on any atom is -0.481 e. The third kappa shape index (κ3) is 4.35. The van der Waals surface area contributed by atoms with E-state index in [9.17, 15) is 4.79 Å². The smallest absolute Gasteiger partial charge is 0.303 e. The molecule has 1 N–H and O–H groups in total. The summed E-state index contributed by atoms with van der Waals surface area (Å²) >= 11 is 0. The van der Waals surface area contributed by atoms with Crippen molar-refractivity contribution in [2.75, 3.05) is 18.0 Å². The predicted octanol–water partition coefficient (Wildman–Crippen LogP) is 3.34. The first-order valence-electron chi connectivity index (χ1n) is 8.79. The van der Waals surface area contributed by atoms with E-state index in [0.29, 0.717) is 24.1 Å². The Balaban J connectivity index is 1.73. The zero-order valence-electron chi connectivity index (χ0n) is 14.7. The second-order valence-corrected chi connectivity index (χ2v) is 6.90. The van der Waals surface area contributed by atoms with E-state index >= 15 is 0 Å². The molecule has 1 aliphatic rings. The van der Waals surface area contributed by atoms with E-state index in [0.717, 1.165) is 37.3 Å². The van der Waals surface area contributed by atoms with Crippen LogP contribution in [0.25, 0.3) is 11.5 Å². The Bertz CT molecular complexity index is 729. The predicted molar refractivity (Wildman–Crippen MR) is 93.4 cm³/mol. The first-order valence-corrected chi connectivity index (χ1v) is 8.79. The second-order valence-electron chi connectivity index (χ2n) is 6.90. The lowest BCUT2D eigenvalue weighted by Crippen LogP contribution is -2.36. The van der Waals surface area contributed by atoms with Gasteiger partial charge in [-0.05, 0) is 37.3 Å². The Kier molecular flexibility index (Phi) is 5.31. The van der Waals surface area contributed by atoms with Crippen LogP contribution in [0.15, 0.2) is 22.9 Å². The summed E-state index contributed by atoms with van der Waals surface area (Å²) < 4.78 is 5.37. The van der Waals surface area contributed by atoms with Gasteiger partial charge in [0.2, 0.25) is 0 Å². The Morgan fingerprint density at radius 2 is 2.32 bits per heavy atom. The fourth-order valence-electron chi connectivity index (χ4n) is 3.15. The van der Waals surface area contributed by atoms with Gasteiger partial charge in [-0.15, -0.1) is 0 Å². The van der Waals surface area contributed by atoms with Gasteiger partial charge >= 0.3 is 5.97 Å². The van der Waals surface area contributed by atoms with Crippen molar-refractivity contribution < 1.29 is 14.4 Å². The summed E-state index contributed by atoms with van der Waals surface area (Å²) in [5, 5.41) is 12.9. The average molecular weight is 344 g/mol. The number of hydrogen-bond acceptors (Lipinski definition) is 6. The molecule has 0 saturated carbocycles. The largest absolute Gasteiger partial charge is 0.481 e. The minimum atomic E-state index is -0.727. The van der Waals surface area contributed by atoms with E-state index in [-0.39, 0.29) is 12.3 Å². The SMILES string of the molecule is CC(C)c1noc(-c2ccnc(N3CCCC(CCC(=O)O)C3)c2)n1. The number of pyridine rings is 1. The van der Waals surface area contributed by atoms with Crippen LogP contribution in [-0.4, -0.2) is 39.3 Å². The number of rotatable bonds is 6. The van der Waals surface area contributed by atoms with Crippen molar-refractivity contribution in [2.24, 2.45) is 5.92 Å². The van der Waals surface area contributed by atoms with Crippen molar-refractivity contribution in [3.8, 4) is 11.5 Å². The van der Waals surface area contributed by atoms with Crippen LogP contribution in [0, 0.1) is 5.92 Å². The zero-order valence-corrected chi connectivity index (χ0v) is 14.7. The van der Waals surface area contributed by atoms with Gasteiger partial charge in [0, 0.05) is 37.2 Å². The van der Waals surface area contributed by atoms with Crippen molar-refractivity contribution in [3.05, 3.63) is 24.2 Å². The Morgan fingerprint density at radius 3 is 3.04 bits per heavy atom. The third-order valence-corrected chi connectivity index (χ3v) is 4.56. The van der Waals surface area contributed by atoms with E-state index in [2.05, 4.69) is 20.0 Å². The van der Waals surface area contributed by atoms with Crippen molar-refractivity contribution in [1.82, 2.24) is 15.1 Å². The maximum absolute atomic E-state index is 10.8. The molecular weight excluding hydrogens is 320 g/mol. The van der Waals surface area contributed by atoms with Crippen LogP contribution < -0.4 is 4.90 Å². The molecule has 1 fully saturated rings. The quantitative estimate of drug-likeness (QED) is 0.859. The highest BCUT2D eigenvalue weighted by Crippen LogP contribution is 2.27. The van der Waals surface area contributed by atoms with Crippen LogP contribution in [0.4, 0.5) is 5.82 Å². The summed E-state index contributed by atoms with van der Waals surface area (Å²) in [5.74, 6) is 1.96. The highest BCUT2D eigenvalue weighted by Gasteiger charge is 2.22. The molecule has 2 aromatic heterocycles. The van der Waals surface area contributed by atoms with Gasteiger partial charge in [0.05, 0.1) is 0 Å². The molecule has 7 nitrogen and oxygen atoms in total. The fraction of sp³-hybridized carbons (Fsp3) is 0.556. The van der Waals surface area contributed by atoms with Crippen LogP contribution in [0.3, 0.4) is 0 Å². The lowest BCUT2D eigenvalue weighted by molar-refractivity contribution is -0.137. The maximum atomic E-state index is 10.8. The number of hydrogen-bond donors (Lipinski definition) is 1. The highest BCUT2D eigenvalue weighted by atomic mass is 16.5. The van der Waals surface area contributed by atoms with Crippen molar-refractivity contribution in [3.63, 3.8) is 0 Å². The topological polar surface area (TPSA) is 92.4 Å². The zero-order chi connectivity index (χ0) is 17.8. The molecule has 0 bridgehead atoms. The van der Waals surface area contributed by atoms with Crippen LogP contribution in [0.5, 0.6) is 0 Å². The Labute approximate surface area is 147 Å². The second kappa shape index (κ2) is 7.63. The van der Waals surface area contributed by atoms with Gasteiger partial charge in [-0.1, -0.05) is 19.0 Å². The first kappa shape index (κ1) is 17.4. The molecule has 2 aromatic rings. The average Bonchev–Trinajstić information content (AvgIpc) is 3.11. The summed E-state index contributed by atoms with van der Waals surface area (Å²) in [5.41, 5.74) is 0.858. The number of aliphatic carboxylic acids is 1. The molecule has 0 amide bonds. The molecule has 134 valence electrons. The maximum Gasteiger partial charge on any atom is 0.303 e.